The minimum atomic E-state index is -4.45. The molecular formula is C24H21F3O2. The number of hydrogen-bond acceptors (Lipinski definition) is 2. The molecule has 2 aliphatic rings. The van der Waals surface area contributed by atoms with E-state index in [4.69, 9.17) is 4.74 Å². The number of halogens is 3. The Kier molecular flexibility index (Phi) is 4.74. The zero-order chi connectivity index (χ0) is 20.8. The number of allylic oxidation sites excluding steroid dienone is 1. The summed E-state index contributed by atoms with van der Waals surface area (Å²) in [6.45, 7) is 4.07. The lowest BCUT2D eigenvalue weighted by Gasteiger charge is -2.36. The van der Waals surface area contributed by atoms with Crippen LogP contribution in [0.1, 0.15) is 47.1 Å². The van der Waals surface area contributed by atoms with Crippen LogP contribution in [0.15, 0.2) is 54.6 Å². The first-order chi connectivity index (χ1) is 13.7. The number of alkyl halides is 3. The molecule has 0 saturated heterocycles. The van der Waals surface area contributed by atoms with Crippen LogP contribution in [0.5, 0.6) is 0 Å². The molecule has 150 valence electrons. The Balaban J connectivity index is 1.93. The summed E-state index contributed by atoms with van der Waals surface area (Å²) in [7, 11) is 0. The summed E-state index contributed by atoms with van der Waals surface area (Å²) >= 11 is 0. The summed E-state index contributed by atoms with van der Waals surface area (Å²) in [6.07, 6.45) is 0.795. The Morgan fingerprint density at radius 2 is 1.93 bits per heavy atom. The van der Waals surface area contributed by atoms with E-state index in [0.29, 0.717) is 11.1 Å². The molecule has 0 unspecified atom stereocenters. The van der Waals surface area contributed by atoms with E-state index in [1.165, 1.54) is 18.2 Å². The average Bonchev–Trinajstić information content (AvgIpc) is 2.78. The van der Waals surface area contributed by atoms with Gasteiger partial charge in [0.2, 0.25) is 0 Å². The van der Waals surface area contributed by atoms with Crippen molar-refractivity contribution in [3.05, 3.63) is 82.4 Å². The van der Waals surface area contributed by atoms with Gasteiger partial charge in [0.1, 0.15) is 0 Å². The Morgan fingerprint density at radius 3 is 2.66 bits per heavy atom. The molecule has 2 atom stereocenters. The first kappa shape index (κ1) is 19.6. The summed E-state index contributed by atoms with van der Waals surface area (Å²) < 4.78 is 46.5. The molecular weight excluding hydrogens is 377 g/mol. The number of benzene rings is 2. The number of rotatable bonds is 1. The van der Waals surface area contributed by atoms with Crippen LogP contribution in [0.3, 0.4) is 0 Å². The van der Waals surface area contributed by atoms with Gasteiger partial charge in [0.25, 0.3) is 0 Å². The van der Waals surface area contributed by atoms with Gasteiger partial charge in [-0.15, -0.1) is 0 Å². The molecule has 0 radical (unpaired) electrons. The number of hydrogen-bond donors (Lipinski definition) is 0. The van der Waals surface area contributed by atoms with Crippen molar-refractivity contribution in [2.45, 2.75) is 38.0 Å². The van der Waals surface area contributed by atoms with Gasteiger partial charge in [-0.2, -0.15) is 13.2 Å². The van der Waals surface area contributed by atoms with Crippen molar-refractivity contribution >= 4 is 17.4 Å². The second-order valence-electron chi connectivity index (χ2n) is 7.85. The van der Waals surface area contributed by atoms with Crippen molar-refractivity contribution in [3.63, 3.8) is 0 Å². The highest BCUT2D eigenvalue weighted by Gasteiger charge is 2.43. The SMILES string of the molecule is Cc1ccccc1/C=C1\CO[C@@]2(C)C=CC(=O)C[C@H]2c2cc(C(F)(F)F)ccc21. The van der Waals surface area contributed by atoms with Crippen LogP contribution < -0.4 is 0 Å². The molecule has 29 heavy (non-hydrogen) atoms. The van der Waals surface area contributed by atoms with Gasteiger partial charge in [-0.1, -0.05) is 30.3 Å². The normalized spacial score (nSPS) is 25.5. The lowest BCUT2D eigenvalue weighted by atomic mass is 9.74. The zero-order valence-electron chi connectivity index (χ0n) is 16.2. The van der Waals surface area contributed by atoms with Crippen LogP contribution in [0.2, 0.25) is 0 Å². The molecule has 2 aromatic rings. The predicted molar refractivity (Wildman–Crippen MR) is 106 cm³/mol. The highest BCUT2D eigenvalue weighted by atomic mass is 19.4. The van der Waals surface area contributed by atoms with E-state index >= 15 is 0 Å². The summed E-state index contributed by atoms with van der Waals surface area (Å²) in [5.41, 5.74) is 2.52. The lowest BCUT2D eigenvalue weighted by molar-refractivity contribution is -0.137. The molecule has 2 aromatic carbocycles. The second-order valence-corrected chi connectivity index (χ2v) is 7.85. The third kappa shape index (κ3) is 3.67. The van der Waals surface area contributed by atoms with Crippen molar-refractivity contribution in [1.29, 1.82) is 0 Å². The Labute approximate surface area is 167 Å². The molecule has 1 heterocycles. The zero-order valence-corrected chi connectivity index (χ0v) is 16.2. The van der Waals surface area contributed by atoms with E-state index < -0.39 is 23.3 Å². The standard InChI is InChI=1S/C24H21F3O2/c1-15-5-3-4-6-16(15)11-17-14-29-23(2)10-9-19(28)13-22(23)21-12-18(24(25,26)27)7-8-20(17)21/h3-12,22H,13-14H2,1-2H3/b17-11+/t22-,23-/m0/s1. The number of fused-ring (bicyclic) bond motifs is 3. The Bertz CT molecular complexity index is 1030. The summed E-state index contributed by atoms with van der Waals surface area (Å²) in [6, 6.07) is 11.6. The van der Waals surface area contributed by atoms with Crippen molar-refractivity contribution in [2.75, 3.05) is 6.61 Å². The van der Waals surface area contributed by atoms with Crippen LogP contribution >= 0.6 is 0 Å². The van der Waals surface area contributed by atoms with Gasteiger partial charge in [-0.05, 0) is 72.0 Å². The minimum absolute atomic E-state index is 0.106. The van der Waals surface area contributed by atoms with Crippen molar-refractivity contribution in [2.24, 2.45) is 0 Å². The van der Waals surface area contributed by atoms with Gasteiger partial charge in [-0.3, -0.25) is 4.79 Å². The Hall–Kier alpha value is -2.66. The molecule has 0 spiro atoms. The quantitative estimate of drug-likeness (QED) is 0.593. The highest BCUT2D eigenvalue weighted by molar-refractivity contribution is 5.93. The molecule has 1 aliphatic heterocycles. The smallest absolute Gasteiger partial charge is 0.366 e. The fourth-order valence-corrected chi connectivity index (χ4v) is 4.10. The first-order valence-electron chi connectivity index (χ1n) is 9.51. The van der Waals surface area contributed by atoms with Gasteiger partial charge < -0.3 is 4.74 Å². The second kappa shape index (κ2) is 6.99. The molecule has 5 heteroatoms. The lowest BCUT2D eigenvalue weighted by Crippen LogP contribution is -2.37. The van der Waals surface area contributed by atoms with E-state index in [-0.39, 0.29) is 18.8 Å². The third-order valence-electron chi connectivity index (χ3n) is 5.85. The summed E-state index contributed by atoms with van der Waals surface area (Å²) in [4.78, 5) is 12.1. The number of ether oxygens (including phenoxy) is 1. The topological polar surface area (TPSA) is 26.3 Å². The molecule has 0 saturated carbocycles. The number of carbonyl (C=O) groups excluding carboxylic acids is 1. The third-order valence-corrected chi connectivity index (χ3v) is 5.85. The molecule has 0 N–H and O–H groups in total. The molecule has 4 rings (SSSR count). The van der Waals surface area contributed by atoms with E-state index in [2.05, 4.69) is 0 Å². The van der Waals surface area contributed by atoms with Crippen LogP contribution in [-0.2, 0) is 15.7 Å². The van der Waals surface area contributed by atoms with Crippen LogP contribution in [0, 0.1) is 6.92 Å². The largest absolute Gasteiger partial charge is 0.416 e. The predicted octanol–water partition coefficient (Wildman–Crippen LogP) is 5.96. The van der Waals surface area contributed by atoms with Gasteiger partial charge in [0.15, 0.2) is 5.78 Å². The number of carbonyl (C=O) groups is 1. The van der Waals surface area contributed by atoms with Gasteiger partial charge in [0, 0.05) is 12.3 Å². The van der Waals surface area contributed by atoms with Crippen LogP contribution in [0.25, 0.3) is 11.6 Å². The fraction of sp³-hybridized carbons (Fsp3) is 0.292. The summed E-state index contributed by atoms with van der Waals surface area (Å²) in [5.74, 6) is -0.578. The van der Waals surface area contributed by atoms with Gasteiger partial charge in [0.05, 0.1) is 17.8 Å². The van der Waals surface area contributed by atoms with Crippen molar-refractivity contribution in [1.82, 2.24) is 0 Å². The minimum Gasteiger partial charge on any atom is -0.366 e. The van der Waals surface area contributed by atoms with E-state index in [9.17, 15) is 18.0 Å². The molecule has 2 nitrogen and oxygen atoms in total. The van der Waals surface area contributed by atoms with E-state index in [1.54, 1.807) is 6.08 Å². The van der Waals surface area contributed by atoms with E-state index in [0.717, 1.165) is 22.8 Å². The van der Waals surface area contributed by atoms with Crippen LogP contribution in [-0.4, -0.2) is 18.0 Å². The van der Waals surface area contributed by atoms with E-state index in [1.807, 2.05) is 44.2 Å². The number of ketones is 1. The molecule has 0 bridgehead atoms. The highest BCUT2D eigenvalue weighted by Crippen LogP contribution is 2.46. The molecule has 0 fully saturated rings. The average molecular weight is 398 g/mol. The molecule has 1 aliphatic carbocycles. The fourth-order valence-electron chi connectivity index (χ4n) is 4.10. The van der Waals surface area contributed by atoms with Gasteiger partial charge in [-0.25, -0.2) is 0 Å². The van der Waals surface area contributed by atoms with Crippen LogP contribution in [0.4, 0.5) is 13.2 Å². The molecule has 0 amide bonds. The first-order valence-corrected chi connectivity index (χ1v) is 9.51. The number of aryl methyl sites for hydroxylation is 1. The van der Waals surface area contributed by atoms with Crippen molar-refractivity contribution < 1.29 is 22.7 Å². The molecule has 0 aromatic heterocycles. The van der Waals surface area contributed by atoms with Crippen molar-refractivity contribution in [3.8, 4) is 0 Å². The van der Waals surface area contributed by atoms with Gasteiger partial charge >= 0.3 is 6.18 Å². The maximum atomic E-state index is 13.4. The maximum absolute atomic E-state index is 13.4. The monoisotopic (exact) mass is 398 g/mol. The summed E-state index contributed by atoms with van der Waals surface area (Å²) in [5, 5.41) is 0. The maximum Gasteiger partial charge on any atom is 0.416 e. The Morgan fingerprint density at radius 1 is 1.17 bits per heavy atom.